The summed E-state index contributed by atoms with van der Waals surface area (Å²) >= 11 is 3.33. The third-order valence-electron chi connectivity index (χ3n) is 2.10. The summed E-state index contributed by atoms with van der Waals surface area (Å²) in [5.41, 5.74) is 0. The van der Waals surface area contributed by atoms with E-state index >= 15 is 0 Å². The van der Waals surface area contributed by atoms with Crippen molar-refractivity contribution in [2.45, 2.75) is 37.1 Å². The molecule has 0 saturated carbocycles. The molecule has 0 bridgehead atoms. The number of carbonyl (C=O) groups excluding carboxylic acids is 1. The van der Waals surface area contributed by atoms with Crippen molar-refractivity contribution in [2.75, 3.05) is 13.2 Å². The zero-order valence-corrected chi connectivity index (χ0v) is 9.69. The van der Waals surface area contributed by atoms with Crippen molar-refractivity contribution in [1.82, 2.24) is 5.32 Å². The Morgan fingerprint density at radius 1 is 1.46 bits per heavy atom. The van der Waals surface area contributed by atoms with Gasteiger partial charge in [-0.3, -0.25) is 4.79 Å². The minimum atomic E-state index is -0.467. The first-order chi connectivity index (χ1) is 6.00. The summed E-state index contributed by atoms with van der Waals surface area (Å²) in [4.78, 5) is 11.5. The van der Waals surface area contributed by atoms with Gasteiger partial charge in [-0.05, 0) is 26.7 Å². The molecule has 0 aliphatic carbocycles. The third kappa shape index (κ3) is 3.65. The Kier molecular flexibility index (Phi) is 3.74. The van der Waals surface area contributed by atoms with Crippen LogP contribution in [0.3, 0.4) is 0 Å². The zero-order valence-electron chi connectivity index (χ0n) is 8.10. The molecule has 13 heavy (non-hydrogen) atoms. The lowest BCUT2D eigenvalue weighted by Crippen LogP contribution is -2.45. The van der Waals surface area contributed by atoms with Gasteiger partial charge in [0, 0.05) is 19.3 Å². The van der Waals surface area contributed by atoms with Crippen LogP contribution in [0.1, 0.15) is 26.7 Å². The highest BCUT2D eigenvalue weighted by molar-refractivity contribution is 9.10. The SMILES string of the molecule is CC(C)(Br)C(=O)NC1CCOCC1. The van der Waals surface area contributed by atoms with Crippen molar-refractivity contribution >= 4 is 21.8 Å². The molecule has 0 aromatic heterocycles. The van der Waals surface area contributed by atoms with Gasteiger partial charge in [0.1, 0.15) is 0 Å². The maximum atomic E-state index is 11.5. The molecule has 1 amide bonds. The van der Waals surface area contributed by atoms with Crippen LogP contribution in [0.15, 0.2) is 0 Å². The first-order valence-electron chi connectivity index (χ1n) is 4.58. The van der Waals surface area contributed by atoms with Crippen molar-refractivity contribution < 1.29 is 9.53 Å². The average Bonchev–Trinajstić information content (AvgIpc) is 2.04. The highest BCUT2D eigenvalue weighted by atomic mass is 79.9. The highest BCUT2D eigenvalue weighted by Gasteiger charge is 2.26. The van der Waals surface area contributed by atoms with Gasteiger partial charge in [0.25, 0.3) is 0 Å². The Hall–Kier alpha value is -0.0900. The summed E-state index contributed by atoms with van der Waals surface area (Å²) in [5, 5.41) is 2.99. The van der Waals surface area contributed by atoms with Gasteiger partial charge < -0.3 is 10.1 Å². The Balaban J connectivity index is 2.35. The predicted molar refractivity (Wildman–Crippen MR) is 55.0 cm³/mol. The molecule has 3 nitrogen and oxygen atoms in total. The first-order valence-corrected chi connectivity index (χ1v) is 5.37. The van der Waals surface area contributed by atoms with Crippen LogP contribution >= 0.6 is 15.9 Å². The van der Waals surface area contributed by atoms with E-state index in [0.29, 0.717) is 0 Å². The van der Waals surface area contributed by atoms with Gasteiger partial charge in [-0.15, -0.1) is 0 Å². The second kappa shape index (κ2) is 4.42. The fraction of sp³-hybridized carbons (Fsp3) is 0.889. The lowest BCUT2D eigenvalue weighted by molar-refractivity contribution is -0.123. The Labute approximate surface area is 87.3 Å². The van der Waals surface area contributed by atoms with Gasteiger partial charge in [-0.2, -0.15) is 0 Å². The van der Waals surface area contributed by atoms with Crippen molar-refractivity contribution in [3.05, 3.63) is 0 Å². The molecule has 76 valence electrons. The fourth-order valence-electron chi connectivity index (χ4n) is 1.20. The van der Waals surface area contributed by atoms with Crippen LogP contribution < -0.4 is 5.32 Å². The second-order valence-electron chi connectivity index (χ2n) is 3.83. The fourth-order valence-corrected chi connectivity index (χ4v) is 1.31. The molecular formula is C9H16BrNO2. The first kappa shape index (κ1) is 11.0. The second-order valence-corrected chi connectivity index (χ2v) is 5.82. The summed E-state index contributed by atoms with van der Waals surface area (Å²) in [5.74, 6) is 0.0550. The molecule has 0 atom stereocenters. The van der Waals surface area contributed by atoms with Crippen LogP contribution in [0.5, 0.6) is 0 Å². The molecule has 0 aromatic rings. The number of carbonyl (C=O) groups is 1. The highest BCUT2D eigenvalue weighted by Crippen LogP contribution is 2.17. The number of hydrogen-bond acceptors (Lipinski definition) is 2. The number of ether oxygens (including phenoxy) is 1. The Morgan fingerprint density at radius 3 is 2.46 bits per heavy atom. The van der Waals surface area contributed by atoms with E-state index in [9.17, 15) is 4.79 Å². The molecule has 0 aromatic carbocycles. The molecule has 0 unspecified atom stereocenters. The van der Waals surface area contributed by atoms with Gasteiger partial charge in [-0.25, -0.2) is 0 Å². The van der Waals surface area contributed by atoms with E-state index < -0.39 is 4.32 Å². The molecule has 1 fully saturated rings. The maximum Gasteiger partial charge on any atom is 0.236 e. The maximum absolute atomic E-state index is 11.5. The van der Waals surface area contributed by atoms with Crippen LogP contribution in [0.25, 0.3) is 0 Å². The largest absolute Gasteiger partial charge is 0.381 e. The number of halogens is 1. The van der Waals surface area contributed by atoms with E-state index in [2.05, 4.69) is 21.2 Å². The van der Waals surface area contributed by atoms with E-state index in [1.54, 1.807) is 0 Å². The van der Waals surface area contributed by atoms with Crippen molar-refractivity contribution in [3.63, 3.8) is 0 Å². The molecule has 1 N–H and O–H groups in total. The molecule has 0 spiro atoms. The van der Waals surface area contributed by atoms with E-state index in [1.807, 2.05) is 13.8 Å². The molecule has 1 rings (SSSR count). The van der Waals surface area contributed by atoms with Crippen molar-refractivity contribution in [3.8, 4) is 0 Å². The van der Waals surface area contributed by atoms with E-state index in [-0.39, 0.29) is 11.9 Å². The van der Waals surface area contributed by atoms with Crippen LogP contribution in [0, 0.1) is 0 Å². The van der Waals surface area contributed by atoms with Gasteiger partial charge in [0.2, 0.25) is 5.91 Å². The smallest absolute Gasteiger partial charge is 0.236 e. The topological polar surface area (TPSA) is 38.3 Å². The molecular weight excluding hydrogens is 234 g/mol. The van der Waals surface area contributed by atoms with Gasteiger partial charge >= 0.3 is 0 Å². The zero-order chi connectivity index (χ0) is 9.90. The van der Waals surface area contributed by atoms with Crippen LogP contribution in [-0.4, -0.2) is 29.5 Å². The van der Waals surface area contributed by atoms with Gasteiger partial charge in [0.05, 0.1) is 4.32 Å². The van der Waals surface area contributed by atoms with E-state index in [0.717, 1.165) is 26.1 Å². The molecule has 1 aliphatic rings. The minimum Gasteiger partial charge on any atom is -0.381 e. The quantitative estimate of drug-likeness (QED) is 0.753. The van der Waals surface area contributed by atoms with Crippen LogP contribution in [0.4, 0.5) is 0 Å². The van der Waals surface area contributed by atoms with Crippen molar-refractivity contribution in [2.24, 2.45) is 0 Å². The predicted octanol–water partition coefficient (Wildman–Crippen LogP) is 1.46. The third-order valence-corrected chi connectivity index (χ3v) is 2.46. The normalized spacial score (nSPS) is 19.9. The minimum absolute atomic E-state index is 0.0550. The van der Waals surface area contributed by atoms with Gasteiger partial charge in [-0.1, -0.05) is 15.9 Å². The Morgan fingerprint density at radius 2 is 2.00 bits per heavy atom. The summed E-state index contributed by atoms with van der Waals surface area (Å²) in [6.45, 7) is 5.21. The molecule has 0 radical (unpaired) electrons. The molecule has 4 heteroatoms. The summed E-state index contributed by atoms with van der Waals surface area (Å²) in [7, 11) is 0. The van der Waals surface area contributed by atoms with Crippen LogP contribution in [0.2, 0.25) is 0 Å². The number of hydrogen-bond donors (Lipinski definition) is 1. The standard InChI is InChI=1S/C9H16BrNO2/c1-9(2,10)8(12)11-7-3-5-13-6-4-7/h7H,3-6H2,1-2H3,(H,11,12). The summed E-state index contributed by atoms with van der Waals surface area (Å²) in [6, 6.07) is 0.290. The molecule has 1 aliphatic heterocycles. The lowest BCUT2D eigenvalue weighted by Gasteiger charge is -2.26. The van der Waals surface area contributed by atoms with Crippen LogP contribution in [-0.2, 0) is 9.53 Å². The monoisotopic (exact) mass is 249 g/mol. The number of amides is 1. The number of alkyl halides is 1. The van der Waals surface area contributed by atoms with Gasteiger partial charge in [0.15, 0.2) is 0 Å². The van der Waals surface area contributed by atoms with E-state index in [1.165, 1.54) is 0 Å². The molecule has 1 heterocycles. The average molecular weight is 250 g/mol. The summed E-state index contributed by atoms with van der Waals surface area (Å²) in [6.07, 6.45) is 1.85. The number of nitrogens with one attached hydrogen (secondary N) is 1. The molecule has 1 saturated heterocycles. The summed E-state index contributed by atoms with van der Waals surface area (Å²) < 4.78 is 4.74. The Bertz CT molecular complexity index is 183. The van der Waals surface area contributed by atoms with E-state index in [4.69, 9.17) is 4.74 Å². The lowest BCUT2D eigenvalue weighted by atomic mass is 10.1. The van der Waals surface area contributed by atoms with Crippen molar-refractivity contribution in [1.29, 1.82) is 0 Å². The number of rotatable bonds is 2.